The van der Waals surface area contributed by atoms with Crippen molar-refractivity contribution in [3.63, 3.8) is 0 Å². The Kier molecular flexibility index (Phi) is 25.6. The highest BCUT2D eigenvalue weighted by Gasteiger charge is 2.53. The molecule has 252 valence electrons. The monoisotopic (exact) mass is 694 g/mol. The van der Waals surface area contributed by atoms with E-state index in [4.69, 9.17) is 0 Å². The van der Waals surface area contributed by atoms with Gasteiger partial charge in [-0.25, -0.2) is 18.4 Å². The molecule has 42 heavy (non-hydrogen) atoms. The Balaban J connectivity index is -0.000000276. The number of hydrogen-bond donors (Lipinski definition) is 1. The number of carbonyl (C=O) groups is 2. The molecule has 1 N–H and O–H groups in total. The van der Waals surface area contributed by atoms with Crippen molar-refractivity contribution >= 4 is 27.9 Å². The van der Waals surface area contributed by atoms with Crippen molar-refractivity contribution < 1.29 is 59.1 Å². The molecule has 0 saturated carbocycles. The van der Waals surface area contributed by atoms with Crippen LogP contribution < -0.4 is 4.90 Å². The lowest BCUT2D eigenvalue weighted by atomic mass is 10.1. The molecular formula is C28H49BrF8NO4+. The van der Waals surface area contributed by atoms with Gasteiger partial charge < -0.3 is 14.4 Å². The Bertz CT molecular complexity index is 717. The zero-order valence-electron chi connectivity index (χ0n) is 24.7. The molecule has 0 aliphatic carbocycles. The van der Waals surface area contributed by atoms with Crippen molar-refractivity contribution in [2.45, 2.75) is 110 Å². The summed E-state index contributed by atoms with van der Waals surface area (Å²) in [5.74, 6) is -13.4. The number of unbranched alkanes of at least 4 members (excludes halogenated alkanes) is 2. The summed E-state index contributed by atoms with van der Waals surface area (Å²) in [5, 5.41) is 0. The normalized spacial score (nSPS) is 11.7. The molecule has 0 unspecified atom stereocenters. The van der Waals surface area contributed by atoms with Gasteiger partial charge in [-0.15, -0.1) is 0 Å². The summed E-state index contributed by atoms with van der Waals surface area (Å²) >= 11 is 1.63. The largest absolute Gasteiger partial charge is 0.462 e. The molecule has 0 bridgehead atoms. The first-order valence-corrected chi connectivity index (χ1v) is 14.0. The molecule has 0 fully saturated rings. The third-order valence-corrected chi connectivity index (χ3v) is 6.07. The third kappa shape index (κ3) is 22.8. The van der Waals surface area contributed by atoms with Gasteiger partial charge in [0, 0.05) is 30.9 Å². The molecule has 0 aromatic carbocycles. The van der Waals surface area contributed by atoms with Gasteiger partial charge in [0.2, 0.25) is 0 Å². The van der Waals surface area contributed by atoms with Crippen LogP contribution in [0.3, 0.4) is 0 Å². The molecule has 14 heteroatoms. The van der Waals surface area contributed by atoms with Gasteiger partial charge in [-0.3, -0.25) is 0 Å². The van der Waals surface area contributed by atoms with Crippen LogP contribution in [-0.4, -0.2) is 67.4 Å². The fourth-order valence-electron chi connectivity index (χ4n) is 2.59. The highest BCUT2D eigenvalue weighted by Crippen LogP contribution is 2.42. The second kappa shape index (κ2) is 22.8. The van der Waals surface area contributed by atoms with E-state index in [9.17, 15) is 44.7 Å². The Morgan fingerprint density at radius 1 is 0.690 bits per heavy atom. The molecule has 0 aliphatic rings. The smallest absolute Gasteiger partial charge is 0.363 e. The molecule has 0 amide bonds. The molecule has 0 atom stereocenters. The van der Waals surface area contributed by atoms with Crippen LogP contribution in [0.4, 0.5) is 35.1 Å². The number of ether oxygens (including phenoxy) is 2. The van der Waals surface area contributed by atoms with Crippen LogP contribution in [0.15, 0.2) is 24.3 Å². The van der Waals surface area contributed by atoms with Gasteiger partial charge in [-0.2, -0.15) is 26.3 Å². The van der Waals surface area contributed by atoms with Gasteiger partial charge in [-0.1, -0.05) is 20.6 Å². The summed E-state index contributed by atoms with van der Waals surface area (Å²) < 4.78 is 110. The maximum absolute atomic E-state index is 12.8. The molecule has 0 heterocycles. The Morgan fingerprint density at radius 3 is 1.21 bits per heavy atom. The number of rotatable bonds is 17. The van der Waals surface area contributed by atoms with E-state index >= 15 is 0 Å². The average molecular weight is 696 g/mol. The lowest BCUT2D eigenvalue weighted by Gasteiger charge is -2.22. The van der Waals surface area contributed by atoms with Crippen LogP contribution in [0.25, 0.3) is 0 Å². The number of esters is 2. The minimum Gasteiger partial charge on any atom is -0.462 e. The van der Waals surface area contributed by atoms with E-state index in [0.29, 0.717) is 0 Å². The van der Waals surface area contributed by atoms with Crippen molar-refractivity contribution in [3.8, 4) is 0 Å². The molecule has 5 nitrogen and oxygen atoms in total. The maximum Gasteiger partial charge on any atom is 0.363 e. The maximum atomic E-state index is 12.8. The Labute approximate surface area is 254 Å². The Morgan fingerprint density at radius 2 is 1.00 bits per heavy atom. The SMILES string of the molecule is C.C=C(C)C(=O)OCCCCC(F)(F)C(C)(F)F.C=C(C)C(=O)OCCCCC(F)(F)C(F)(F)Br.CC[NH+](CC)CC. The van der Waals surface area contributed by atoms with E-state index in [1.807, 2.05) is 0 Å². The first kappa shape index (κ1) is 47.2. The van der Waals surface area contributed by atoms with E-state index in [1.54, 1.807) is 20.8 Å². The van der Waals surface area contributed by atoms with Crippen LogP contribution in [0.1, 0.15) is 87.5 Å². The Hall–Kier alpha value is -1.70. The quantitative estimate of drug-likeness (QED) is 0.0551. The molecular weight excluding hydrogens is 646 g/mol. The predicted molar refractivity (Wildman–Crippen MR) is 153 cm³/mol. The second-order valence-corrected chi connectivity index (χ2v) is 10.3. The van der Waals surface area contributed by atoms with Gasteiger partial charge in [0.15, 0.2) is 0 Å². The van der Waals surface area contributed by atoms with Gasteiger partial charge in [0.05, 0.1) is 32.8 Å². The number of nitrogens with one attached hydrogen (secondary N) is 1. The van der Waals surface area contributed by atoms with E-state index in [-0.39, 0.29) is 64.4 Å². The van der Waals surface area contributed by atoms with Crippen LogP contribution in [-0.2, 0) is 19.1 Å². The fraction of sp³-hybridized carbons (Fsp3) is 0.786. The van der Waals surface area contributed by atoms with Gasteiger partial charge in [-0.05, 0) is 76.2 Å². The number of alkyl halides is 9. The standard InChI is InChI=1S/C11H16F4O2.C10H13BrF4O2.C6H15N.CH4/c1-8(2)9(16)17-7-5-4-6-11(14,15)10(3,12)13;1-7(2)8(16)17-6-4-3-5-9(12,13)10(11,14)15;1-4-7(5-2)6-3;/h1,4-7H2,2-3H3;1,3-6H2,2H3;4-6H2,1-3H3;1H4/p+1. The number of quaternary nitrogens is 1. The van der Waals surface area contributed by atoms with Crippen molar-refractivity contribution in [2.24, 2.45) is 0 Å². The molecule has 0 aromatic heterocycles. The van der Waals surface area contributed by atoms with Crippen molar-refractivity contribution in [1.82, 2.24) is 0 Å². The highest BCUT2D eigenvalue weighted by molar-refractivity contribution is 9.10. The molecule has 0 saturated heterocycles. The van der Waals surface area contributed by atoms with Gasteiger partial charge >= 0.3 is 34.5 Å². The van der Waals surface area contributed by atoms with Crippen molar-refractivity contribution in [2.75, 3.05) is 32.8 Å². The van der Waals surface area contributed by atoms with Crippen LogP contribution in [0.5, 0.6) is 0 Å². The average Bonchev–Trinajstić information content (AvgIpc) is 2.83. The molecule has 0 aliphatic heterocycles. The number of halogens is 9. The van der Waals surface area contributed by atoms with Crippen LogP contribution >= 0.6 is 15.9 Å². The zero-order chi connectivity index (χ0) is 33.1. The lowest BCUT2D eigenvalue weighted by molar-refractivity contribution is -0.894. The van der Waals surface area contributed by atoms with E-state index < -0.39 is 47.4 Å². The van der Waals surface area contributed by atoms with Crippen molar-refractivity contribution in [1.29, 1.82) is 0 Å². The molecule has 0 rings (SSSR count). The molecule has 0 radical (unpaired) electrons. The van der Waals surface area contributed by atoms with E-state index in [1.165, 1.54) is 33.5 Å². The third-order valence-electron chi connectivity index (χ3n) is 5.49. The van der Waals surface area contributed by atoms with E-state index in [0.717, 1.165) is 0 Å². The predicted octanol–water partition coefficient (Wildman–Crippen LogP) is 8.03. The first-order chi connectivity index (χ1) is 18.5. The van der Waals surface area contributed by atoms with Gasteiger partial charge in [0.1, 0.15) is 0 Å². The lowest BCUT2D eigenvalue weighted by Crippen LogP contribution is -3.11. The number of hydrogen-bond acceptors (Lipinski definition) is 4. The molecule has 0 spiro atoms. The molecule has 0 aromatic rings. The first-order valence-electron chi connectivity index (χ1n) is 13.2. The van der Waals surface area contributed by atoms with Crippen LogP contribution in [0.2, 0.25) is 0 Å². The topological polar surface area (TPSA) is 57.0 Å². The summed E-state index contributed by atoms with van der Waals surface area (Å²) in [7, 11) is 0. The highest BCUT2D eigenvalue weighted by atomic mass is 79.9. The summed E-state index contributed by atoms with van der Waals surface area (Å²) in [6.45, 7) is 20.1. The van der Waals surface area contributed by atoms with Crippen molar-refractivity contribution in [3.05, 3.63) is 24.3 Å². The minimum absolute atomic E-state index is 0. The summed E-state index contributed by atoms with van der Waals surface area (Å²) in [6.07, 6.45) is -2.00. The summed E-state index contributed by atoms with van der Waals surface area (Å²) in [6, 6.07) is 0. The minimum atomic E-state index is -4.21. The van der Waals surface area contributed by atoms with E-state index in [2.05, 4.69) is 43.4 Å². The zero-order valence-corrected chi connectivity index (χ0v) is 26.3. The summed E-state index contributed by atoms with van der Waals surface area (Å²) in [5.41, 5.74) is 0.401. The van der Waals surface area contributed by atoms with Gasteiger partial charge in [0.25, 0.3) is 0 Å². The summed E-state index contributed by atoms with van der Waals surface area (Å²) in [4.78, 5) is 19.2. The van der Waals surface area contributed by atoms with Crippen LogP contribution in [0, 0.1) is 0 Å². The second-order valence-electron chi connectivity index (χ2n) is 9.35. The number of carbonyl (C=O) groups excluding carboxylic acids is 2. The fourth-order valence-corrected chi connectivity index (χ4v) is 2.78.